The second kappa shape index (κ2) is 6.92. The molecule has 1 fully saturated rings. The minimum atomic E-state index is -3.95. The number of hydrogen-bond acceptors (Lipinski definition) is 5. The zero-order valence-electron chi connectivity index (χ0n) is 14.2. The minimum Gasteiger partial charge on any atom is -0.378 e. The zero-order chi connectivity index (χ0) is 18.0. The van der Waals surface area contributed by atoms with Gasteiger partial charge in [-0.15, -0.1) is 0 Å². The van der Waals surface area contributed by atoms with Crippen molar-refractivity contribution in [2.45, 2.75) is 30.8 Å². The molecule has 0 saturated heterocycles. The van der Waals surface area contributed by atoms with Crippen molar-refractivity contribution >= 4 is 10.1 Å². The zero-order valence-corrected chi connectivity index (χ0v) is 15.0. The van der Waals surface area contributed by atoms with Crippen molar-refractivity contribution in [3.05, 3.63) is 72.2 Å². The van der Waals surface area contributed by atoms with E-state index in [2.05, 4.69) is 10.1 Å². The molecule has 0 bridgehead atoms. The van der Waals surface area contributed by atoms with Crippen LogP contribution in [0, 0.1) is 5.92 Å². The molecule has 134 valence electrons. The third-order valence-corrected chi connectivity index (χ3v) is 5.64. The summed E-state index contributed by atoms with van der Waals surface area (Å²) >= 11 is 0. The number of nitrogens with zero attached hydrogens (tertiary/aromatic N) is 3. The second-order valence-electron chi connectivity index (χ2n) is 6.47. The summed E-state index contributed by atoms with van der Waals surface area (Å²) in [6.45, 7) is 0.615. The third-order valence-electron chi connectivity index (χ3n) is 4.38. The Bertz CT molecular complexity index is 996. The van der Waals surface area contributed by atoms with Crippen molar-refractivity contribution in [1.29, 1.82) is 0 Å². The Balaban J connectivity index is 1.59. The van der Waals surface area contributed by atoms with Crippen LogP contribution in [-0.4, -0.2) is 23.2 Å². The van der Waals surface area contributed by atoms with Crippen LogP contribution in [0.4, 0.5) is 0 Å². The van der Waals surface area contributed by atoms with Gasteiger partial charge in [0.1, 0.15) is 5.75 Å². The van der Waals surface area contributed by atoms with Crippen molar-refractivity contribution in [3.63, 3.8) is 0 Å². The van der Waals surface area contributed by atoms with Crippen LogP contribution in [0.2, 0.25) is 0 Å². The van der Waals surface area contributed by atoms with Gasteiger partial charge in [-0.05, 0) is 48.6 Å². The summed E-state index contributed by atoms with van der Waals surface area (Å²) in [4.78, 5) is 4.00. The van der Waals surface area contributed by atoms with Crippen LogP contribution >= 0.6 is 0 Å². The average Bonchev–Trinajstić information content (AvgIpc) is 3.31. The van der Waals surface area contributed by atoms with Crippen LogP contribution in [0.3, 0.4) is 0 Å². The molecule has 7 heteroatoms. The molecule has 0 atom stereocenters. The first-order chi connectivity index (χ1) is 12.6. The Morgan fingerprint density at radius 3 is 2.58 bits per heavy atom. The number of para-hydroxylation sites is 1. The first-order valence-electron chi connectivity index (χ1n) is 8.55. The molecule has 6 nitrogen and oxygen atoms in total. The molecule has 0 aliphatic heterocycles. The molecule has 0 unspecified atom stereocenters. The Morgan fingerprint density at radius 2 is 1.81 bits per heavy atom. The van der Waals surface area contributed by atoms with Crippen molar-refractivity contribution in [1.82, 2.24) is 14.8 Å². The molecular weight excluding hydrogens is 350 g/mol. The van der Waals surface area contributed by atoms with Gasteiger partial charge < -0.3 is 4.18 Å². The molecule has 0 N–H and O–H groups in total. The van der Waals surface area contributed by atoms with Gasteiger partial charge in [0.05, 0.1) is 6.20 Å². The Hall–Kier alpha value is -2.67. The lowest BCUT2D eigenvalue weighted by Gasteiger charge is -2.12. The van der Waals surface area contributed by atoms with Gasteiger partial charge in [-0.1, -0.05) is 18.2 Å². The predicted octanol–water partition coefficient (Wildman–Crippen LogP) is 3.05. The van der Waals surface area contributed by atoms with E-state index < -0.39 is 10.1 Å². The maximum Gasteiger partial charge on any atom is 0.356 e. The summed E-state index contributed by atoms with van der Waals surface area (Å²) in [5.74, 6) is 0.853. The van der Waals surface area contributed by atoms with E-state index >= 15 is 0 Å². The van der Waals surface area contributed by atoms with E-state index in [1.54, 1.807) is 24.5 Å². The van der Waals surface area contributed by atoms with Gasteiger partial charge in [0, 0.05) is 30.9 Å². The van der Waals surface area contributed by atoms with Crippen LogP contribution in [0.1, 0.15) is 24.0 Å². The smallest absolute Gasteiger partial charge is 0.356 e. The van der Waals surface area contributed by atoms with Crippen LogP contribution in [-0.2, 0) is 23.1 Å². The molecule has 0 spiro atoms. The number of pyridine rings is 1. The van der Waals surface area contributed by atoms with E-state index in [1.807, 2.05) is 24.3 Å². The predicted molar refractivity (Wildman–Crippen MR) is 96.2 cm³/mol. The number of rotatable bonds is 7. The van der Waals surface area contributed by atoms with Gasteiger partial charge in [-0.3, -0.25) is 9.67 Å². The molecule has 1 aromatic carbocycles. The SMILES string of the molecule is O=S(=O)(Oc1ccccc1Cc1ccncc1)c1ccnn1CC1CC1. The minimum absolute atomic E-state index is 0.100. The van der Waals surface area contributed by atoms with Gasteiger partial charge in [-0.25, -0.2) is 0 Å². The highest BCUT2D eigenvalue weighted by Crippen LogP contribution is 2.32. The van der Waals surface area contributed by atoms with Gasteiger partial charge in [0.15, 0.2) is 5.03 Å². The van der Waals surface area contributed by atoms with Crippen molar-refractivity contribution in [2.75, 3.05) is 0 Å². The molecule has 1 aliphatic rings. The fourth-order valence-electron chi connectivity index (χ4n) is 2.83. The Morgan fingerprint density at radius 1 is 1.04 bits per heavy atom. The molecule has 1 aliphatic carbocycles. The molecule has 0 amide bonds. The Labute approximate surface area is 152 Å². The molecule has 0 radical (unpaired) electrons. The summed E-state index contributed by atoms with van der Waals surface area (Å²) in [6, 6.07) is 12.5. The summed E-state index contributed by atoms with van der Waals surface area (Å²) in [6.07, 6.45) is 7.74. The lowest BCUT2D eigenvalue weighted by atomic mass is 10.1. The summed E-state index contributed by atoms with van der Waals surface area (Å²) in [7, 11) is -3.95. The van der Waals surface area contributed by atoms with Crippen LogP contribution in [0.25, 0.3) is 0 Å². The fraction of sp³-hybridized carbons (Fsp3) is 0.263. The van der Waals surface area contributed by atoms with E-state index in [1.165, 1.54) is 16.9 Å². The lowest BCUT2D eigenvalue weighted by Crippen LogP contribution is -2.17. The highest BCUT2D eigenvalue weighted by molar-refractivity contribution is 7.87. The molecular formula is C19H19N3O3S. The van der Waals surface area contributed by atoms with Crippen LogP contribution in [0.15, 0.2) is 66.1 Å². The standard InChI is InChI=1S/C19H19N3O3S/c23-26(24,19-9-12-21-22(19)14-16-5-6-16)25-18-4-2-1-3-17(18)13-15-7-10-20-11-8-15/h1-4,7-12,16H,5-6,13-14H2. The maximum atomic E-state index is 12.8. The fourth-order valence-corrected chi connectivity index (χ4v) is 3.92. The number of benzene rings is 1. The van der Waals surface area contributed by atoms with Gasteiger partial charge >= 0.3 is 10.1 Å². The van der Waals surface area contributed by atoms with Crippen molar-refractivity contribution in [3.8, 4) is 5.75 Å². The summed E-state index contributed by atoms with van der Waals surface area (Å²) in [5.41, 5.74) is 1.84. The normalized spacial score (nSPS) is 14.3. The summed E-state index contributed by atoms with van der Waals surface area (Å²) < 4.78 is 32.6. The van der Waals surface area contributed by atoms with Crippen LogP contribution in [0.5, 0.6) is 5.75 Å². The maximum absolute atomic E-state index is 12.8. The van der Waals surface area contributed by atoms with Gasteiger partial charge in [0.2, 0.25) is 0 Å². The highest BCUT2D eigenvalue weighted by atomic mass is 32.2. The molecule has 2 aromatic heterocycles. The molecule has 26 heavy (non-hydrogen) atoms. The first-order valence-corrected chi connectivity index (χ1v) is 9.96. The van der Waals surface area contributed by atoms with Crippen LogP contribution < -0.4 is 4.18 Å². The van der Waals surface area contributed by atoms with E-state index in [0.717, 1.165) is 24.0 Å². The van der Waals surface area contributed by atoms with Crippen molar-refractivity contribution in [2.24, 2.45) is 5.92 Å². The monoisotopic (exact) mass is 369 g/mol. The molecule has 4 rings (SSSR count). The second-order valence-corrected chi connectivity index (χ2v) is 7.97. The number of hydrogen-bond donors (Lipinski definition) is 0. The topological polar surface area (TPSA) is 74.1 Å². The van der Waals surface area contributed by atoms with Gasteiger partial charge in [0.25, 0.3) is 0 Å². The van der Waals surface area contributed by atoms with E-state index in [4.69, 9.17) is 4.18 Å². The molecule has 2 heterocycles. The van der Waals surface area contributed by atoms with Gasteiger partial charge in [-0.2, -0.15) is 13.5 Å². The highest BCUT2D eigenvalue weighted by Gasteiger charge is 2.28. The van der Waals surface area contributed by atoms with E-state index in [0.29, 0.717) is 24.6 Å². The van der Waals surface area contributed by atoms with E-state index in [-0.39, 0.29) is 5.03 Å². The van der Waals surface area contributed by atoms with E-state index in [9.17, 15) is 8.42 Å². The first kappa shape index (κ1) is 16.8. The molecule has 3 aromatic rings. The van der Waals surface area contributed by atoms with Crippen molar-refractivity contribution < 1.29 is 12.6 Å². The quantitative estimate of drug-likeness (QED) is 0.599. The lowest BCUT2D eigenvalue weighted by molar-refractivity contribution is 0.453. The number of aromatic nitrogens is 3. The average molecular weight is 369 g/mol. The molecule has 1 saturated carbocycles. The Kier molecular flexibility index (Phi) is 4.46. The third kappa shape index (κ3) is 3.77. The summed E-state index contributed by atoms with van der Waals surface area (Å²) in [5, 5.41) is 4.25. The largest absolute Gasteiger partial charge is 0.378 e.